The highest BCUT2D eigenvalue weighted by molar-refractivity contribution is 8.41. The maximum absolute atomic E-state index is 8.71. The van der Waals surface area contributed by atoms with Gasteiger partial charge < -0.3 is 5.11 Å². The van der Waals surface area contributed by atoms with E-state index in [9.17, 15) is 0 Å². The maximum atomic E-state index is 8.71. The molecule has 0 spiro atoms. The van der Waals surface area contributed by atoms with Gasteiger partial charge in [0.25, 0.3) is 0 Å². The van der Waals surface area contributed by atoms with Crippen LogP contribution in [-0.4, -0.2) is 27.6 Å². The molecule has 0 amide bonds. The normalized spacial score (nSPS) is 14.9. The molecule has 1 heterocycles. The minimum absolute atomic E-state index is 0.324. The molecule has 2 nitrogen and oxygen atoms in total. The SMILES string of the molecule is OCCCCCCc1ccc(N=C2SCCS2)cc1. The van der Waals surface area contributed by atoms with Crippen LogP contribution in [0.5, 0.6) is 0 Å². The topological polar surface area (TPSA) is 32.6 Å². The van der Waals surface area contributed by atoms with Crippen molar-refractivity contribution < 1.29 is 5.11 Å². The summed E-state index contributed by atoms with van der Waals surface area (Å²) in [5, 5.41) is 8.71. The van der Waals surface area contributed by atoms with E-state index >= 15 is 0 Å². The molecule has 0 aromatic heterocycles. The molecule has 2 rings (SSSR count). The van der Waals surface area contributed by atoms with E-state index in [0.717, 1.165) is 24.9 Å². The lowest BCUT2D eigenvalue weighted by Crippen LogP contribution is -1.87. The van der Waals surface area contributed by atoms with E-state index in [4.69, 9.17) is 5.11 Å². The van der Waals surface area contributed by atoms with E-state index in [1.807, 2.05) is 23.5 Å². The molecule has 1 N–H and O–H groups in total. The van der Waals surface area contributed by atoms with Crippen molar-refractivity contribution in [1.29, 1.82) is 0 Å². The van der Waals surface area contributed by atoms with Crippen LogP contribution in [0.15, 0.2) is 29.3 Å². The Morgan fingerprint density at radius 1 is 0.947 bits per heavy atom. The lowest BCUT2D eigenvalue weighted by atomic mass is 10.1. The highest BCUT2D eigenvalue weighted by atomic mass is 32.2. The minimum atomic E-state index is 0.324. The number of aliphatic imine (C=N–C) groups is 1. The average Bonchev–Trinajstić information content (AvgIpc) is 2.93. The fraction of sp³-hybridized carbons (Fsp3) is 0.533. The molecule has 1 fully saturated rings. The van der Waals surface area contributed by atoms with Crippen molar-refractivity contribution in [3.63, 3.8) is 0 Å². The molecule has 0 radical (unpaired) electrons. The fourth-order valence-corrected chi connectivity index (χ4v) is 4.19. The molecule has 1 aliphatic heterocycles. The number of hydrogen-bond acceptors (Lipinski definition) is 4. The highest BCUT2D eigenvalue weighted by Gasteiger charge is 2.09. The Kier molecular flexibility index (Phi) is 6.82. The molecule has 4 heteroatoms. The van der Waals surface area contributed by atoms with E-state index in [0.29, 0.717) is 6.61 Å². The van der Waals surface area contributed by atoms with Crippen LogP contribution in [0.1, 0.15) is 31.2 Å². The molecule has 0 unspecified atom stereocenters. The zero-order valence-corrected chi connectivity index (χ0v) is 12.8. The number of benzene rings is 1. The van der Waals surface area contributed by atoms with Crippen molar-refractivity contribution >= 4 is 33.6 Å². The van der Waals surface area contributed by atoms with Crippen LogP contribution in [-0.2, 0) is 6.42 Å². The number of nitrogens with zero attached hydrogens (tertiary/aromatic N) is 1. The van der Waals surface area contributed by atoms with Gasteiger partial charge in [-0.25, -0.2) is 4.99 Å². The van der Waals surface area contributed by atoms with E-state index in [2.05, 4.69) is 29.3 Å². The van der Waals surface area contributed by atoms with Gasteiger partial charge in [-0.2, -0.15) is 0 Å². The molecular weight excluding hydrogens is 274 g/mol. The second-order valence-corrected chi connectivity index (χ2v) is 7.05. The Hall–Kier alpha value is -0.450. The van der Waals surface area contributed by atoms with Crippen molar-refractivity contribution in [2.24, 2.45) is 4.99 Å². The van der Waals surface area contributed by atoms with E-state index in [1.165, 1.54) is 34.3 Å². The molecule has 1 saturated heterocycles. The van der Waals surface area contributed by atoms with Crippen LogP contribution in [0.25, 0.3) is 0 Å². The summed E-state index contributed by atoms with van der Waals surface area (Å²) in [5.74, 6) is 2.38. The zero-order valence-electron chi connectivity index (χ0n) is 11.2. The Balaban J connectivity index is 1.76. The molecule has 0 atom stereocenters. The molecule has 0 aliphatic carbocycles. The highest BCUT2D eigenvalue weighted by Crippen LogP contribution is 2.29. The first-order chi connectivity index (χ1) is 9.38. The number of rotatable bonds is 7. The molecule has 104 valence electrons. The van der Waals surface area contributed by atoms with E-state index in [-0.39, 0.29) is 0 Å². The third kappa shape index (κ3) is 5.59. The Morgan fingerprint density at radius 2 is 1.63 bits per heavy atom. The van der Waals surface area contributed by atoms with Crippen LogP contribution in [0.4, 0.5) is 5.69 Å². The Morgan fingerprint density at radius 3 is 2.32 bits per heavy atom. The summed E-state index contributed by atoms with van der Waals surface area (Å²) in [6, 6.07) is 8.62. The second-order valence-electron chi connectivity index (χ2n) is 4.63. The van der Waals surface area contributed by atoms with Gasteiger partial charge in [0.2, 0.25) is 0 Å². The standard InChI is InChI=1S/C15H21NOS2/c17-10-4-2-1-3-5-13-6-8-14(9-7-13)16-15-18-11-12-19-15/h6-9,17H,1-5,10-12H2. The first kappa shape index (κ1) is 14.9. The molecule has 1 aromatic carbocycles. The third-order valence-corrected chi connectivity index (χ3v) is 5.52. The lowest BCUT2D eigenvalue weighted by molar-refractivity contribution is 0.282. The summed E-state index contributed by atoms with van der Waals surface area (Å²) in [4.78, 5) is 4.63. The predicted octanol–water partition coefficient (Wildman–Crippen LogP) is 4.25. The Bertz CT molecular complexity index is 395. The first-order valence-electron chi connectivity index (χ1n) is 6.92. The quantitative estimate of drug-likeness (QED) is 0.763. The van der Waals surface area contributed by atoms with Crippen molar-refractivity contribution in [2.75, 3.05) is 18.1 Å². The largest absolute Gasteiger partial charge is 0.396 e. The number of aliphatic hydroxyl groups excluding tert-OH is 1. The molecule has 1 aliphatic rings. The van der Waals surface area contributed by atoms with Crippen LogP contribution < -0.4 is 0 Å². The number of unbranched alkanes of at least 4 members (excludes halogenated alkanes) is 3. The zero-order chi connectivity index (χ0) is 13.3. The predicted molar refractivity (Wildman–Crippen MR) is 87.7 cm³/mol. The number of aryl methyl sites for hydroxylation is 1. The smallest absolute Gasteiger partial charge is 0.130 e. The summed E-state index contributed by atoms with van der Waals surface area (Å²) in [6.07, 6.45) is 5.62. The molecule has 0 saturated carbocycles. The summed E-state index contributed by atoms with van der Waals surface area (Å²) >= 11 is 3.71. The third-order valence-electron chi connectivity index (χ3n) is 3.06. The van der Waals surface area contributed by atoms with Gasteiger partial charge in [-0.1, -0.05) is 48.5 Å². The minimum Gasteiger partial charge on any atom is -0.396 e. The Labute approximate surface area is 124 Å². The fourth-order valence-electron chi connectivity index (χ4n) is 2.00. The molecule has 19 heavy (non-hydrogen) atoms. The lowest BCUT2D eigenvalue weighted by Gasteiger charge is -2.02. The van der Waals surface area contributed by atoms with Gasteiger partial charge >= 0.3 is 0 Å². The second kappa shape index (κ2) is 8.67. The summed E-state index contributed by atoms with van der Waals surface area (Å²) in [5.41, 5.74) is 2.46. The average molecular weight is 295 g/mol. The van der Waals surface area contributed by atoms with Gasteiger partial charge in [0.1, 0.15) is 4.38 Å². The van der Waals surface area contributed by atoms with Gasteiger partial charge in [-0.3, -0.25) is 0 Å². The van der Waals surface area contributed by atoms with Crippen molar-refractivity contribution in [1.82, 2.24) is 0 Å². The van der Waals surface area contributed by atoms with Gasteiger partial charge in [0.05, 0.1) is 5.69 Å². The monoisotopic (exact) mass is 295 g/mol. The van der Waals surface area contributed by atoms with Gasteiger partial charge in [0, 0.05) is 18.1 Å². The summed E-state index contributed by atoms with van der Waals surface area (Å²) in [6.45, 7) is 0.324. The van der Waals surface area contributed by atoms with Crippen molar-refractivity contribution in [3.05, 3.63) is 29.8 Å². The number of aliphatic hydroxyl groups is 1. The van der Waals surface area contributed by atoms with Crippen LogP contribution in [0.2, 0.25) is 0 Å². The summed E-state index contributed by atoms with van der Waals surface area (Å²) < 4.78 is 1.21. The van der Waals surface area contributed by atoms with E-state index in [1.54, 1.807) is 0 Å². The molecule has 1 aromatic rings. The maximum Gasteiger partial charge on any atom is 0.130 e. The van der Waals surface area contributed by atoms with Crippen LogP contribution in [0, 0.1) is 0 Å². The number of hydrogen-bond donors (Lipinski definition) is 1. The number of thioether (sulfide) groups is 2. The van der Waals surface area contributed by atoms with Crippen molar-refractivity contribution in [2.45, 2.75) is 32.1 Å². The van der Waals surface area contributed by atoms with Crippen LogP contribution >= 0.6 is 23.5 Å². The van der Waals surface area contributed by atoms with Gasteiger partial charge in [-0.05, 0) is 37.0 Å². The van der Waals surface area contributed by atoms with Gasteiger partial charge in [-0.15, -0.1) is 0 Å². The summed E-state index contributed by atoms with van der Waals surface area (Å²) in [7, 11) is 0. The van der Waals surface area contributed by atoms with Crippen molar-refractivity contribution in [3.8, 4) is 0 Å². The van der Waals surface area contributed by atoms with Crippen LogP contribution in [0.3, 0.4) is 0 Å². The molecular formula is C15H21NOS2. The first-order valence-corrected chi connectivity index (χ1v) is 8.90. The van der Waals surface area contributed by atoms with E-state index < -0.39 is 0 Å². The molecule has 0 bridgehead atoms. The van der Waals surface area contributed by atoms with Gasteiger partial charge in [0.15, 0.2) is 0 Å².